The van der Waals surface area contributed by atoms with Crippen LogP contribution in [-0.2, 0) is 28.5 Å². The topological polar surface area (TPSA) is 221 Å². The van der Waals surface area contributed by atoms with Crippen molar-refractivity contribution in [2.45, 2.75) is 107 Å². The molecule has 4 aliphatic heterocycles. The van der Waals surface area contributed by atoms with E-state index in [0.29, 0.717) is 90.7 Å². The molecular formula is C48H52Cl2N8O8. The van der Waals surface area contributed by atoms with Crippen LogP contribution in [0, 0.1) is 35.5 Å². The second-order valence-corrected chi connectivity index (χ2v) is 19.6. The zero-order chi connectivity index (χ0) is 46.0. The van der Waals surface area contributed by atoms with E-state index >= 15 is 0 Å². The van der Waals surface area contributed by atoms with Gasteiger partial charge >= 0.3 is 12.2 Å². The number of nitrogens with one attached hydrogen (secondary N) is 2. The lowest BCUT2D eigenvalue weighted by molar-refractivity contribution is -0.163. The number of fused-ring (bicyclic) bond motifs is 2. The van der Waals surface area contributed by atoms with Crippen molar-refractivity contribution in [2.24, 2.45) is 35.1 Å². The summed E-state index contributed by atoms with van der Waals surface area (Å²) in [6, 6.07) is 14.6. The van der Waals surface area contributed by atoms with Gasteiger partial charge in [-0.25, -0.2) is 19.6 Å². The van der Waals surface area contributed by atoms with Crippen molar-refractivity contribution in [1.82, 2.24) is 29.7 Å². The molecule has 0 radical (unpaired) electrons. The number of aromatic amines is 2. The molecule has 6 heterocycles. The fraction of sp³-hybridized carbons (Fsp3) is 0.500. The van der Waals surface area contributed by atoms with E-state index in [1.807, 2.05) is 65.3 Å². The van der Waals surface area contributed by atoms with Gasteiger partial charge in [-0.3, -0.25) is 9.59 Å². The van der Waals surface area contributed by atoms with E-state index in [4.69, 9.17) is 63.6 Å². The van der Waals surface area contributed by atoms with E-state index < -0.39 is 23.9 Å². The van der Waals surface area contributed by atoms with Crippen molar-refractivity contribution in [2.75, 3.05) is 19.8 Å². The third-order valence-electron chi connectivity index (χ3n) is 14.5. The summed E-state index contributed by atoms with van der Waals surface area (Å²) in [4.78, 5) is 72.6. The van der Waals surface area contributed by atoms with Gasteiger partial charge in [0.2, 0.25) is 0 Å². The standard InChI is InChI=1S/C48H52Cl2N8O8/c1-24-19-32(15-18-64-24)48(2,66-47(52)62)45(60)58-34-21-31(34)23-36(58)43-54-38(41(50)56-43)28-11-7-26(8-12-28)4-3-25-5-9-27(10-6-25)37-40(49)55-42(53-37)35-22-30-20-33(30)57(35)44(59)39(65-46(51)61)29-13-16-63-17-14-29/h5-12,24,29-36,39H,13-23H2,1-2H3,(H2,51,61)(H2,52,62)(H,53,55)(H,54,56)/t24?,30-,31-,32?,33?,34?,35+,36+,39-,48-/m1/s1. The molecule has 10 atom stereocenters. The number of ether oxygens (including phenoxy) is 4. The van der Waals surface area contributed by atoms with Crippen LogP contribution in [0.5, 0.6) is 0 Å². The minimum absolute atomic E-state index is 0.0269. The number of carbonyl (C=O) groups is 4. The normalized spacial score (nSPS) is 28.0. The summed E-state index contributed by atoms with van der Waals surface area (Å²) in [6.45, 7) is 5.09. The summed E-state index contributed by atoms with van der Waals surface area (Å²) >= 11 is 13.5. The predicted octanol–water partition coefficient (Wildman–Crippen LogP) is 7.06. The van der Waals surface area contributed by atoms with Gasteiger partial charge in [0, 0.05) is 66.0 Å². The lowest BCUT2D eigenvalue weighted by Gasteiger charge is -2.42. The predicted molar refractivity (Wildman–Crippen MR) is 241 cm³/mol. The molecule has 66 heavy (non-hydrogen) atoms. The number of amides is 4. The fourth-order valence-electron chi connectivity index (χ4n) is 10.9. The third-order valence-corrected chi connectivity index (χ3v) is 15.1. The highest BCUT2D eigenvalue weighted by Crippen LogP contribution is 2.56. The Morgan fingerprint density at radius 1 is 0.758 bits per heavy atom. The molecule has 4 unspecified atom stereocenters. The van der Waals surface area contributed by atoms with Gasteiger partial charge in [0.25, 0.3) is 11.8 Å². The number of carbonyl (C=O) groups excluding carboxylic acids is 4. The van der Waals surface area contributed by atoms with Crippen molar-refractivity contribution in [3.63, 3.8) is 0 Å². The molecule has 10 rings (SSSR count). The highest BCUT2D eigenvalue weighted by atomic mass is 35.5. The van der Waals surface area contributed by atoms with Crippen molar-refractivity contribution in [3.8, 4) is 34.4 Å². The summed E-state index contributed by atoms with van der Waals surface area (Å²) in [5.74, 6) is 7.35. The number of H-pyrrole nitrogens is 2. The van der Waals surface area contributed by atoms with Crippen molar-refractivity contribution < 1.29 is 38.1 Å². The molecule has 6 aliphatic rings. The monoisotopic (exact) mass is 938 g/mol. The number of imidazole rings is 2. The highest BCUT2D eigenvalue weighted by molar-refractivity contribution is 6.32. The van der Waals surface area contributed by atoms with Gasteiger partial charge in [0.05, 0.1) is 18.2 Å². The van der Waals surface area contributed by atoms with Gasteiger partial charge in [-0.05, 0) is 101 Å². The first-order chi connectivity index (χ1) is 31.7. The number of likely N-dealkylation sites (tertiary alicyclic amines) is 2. The molecule has 0 bridgehead atoms. The molecular weight excluding hydrogens is 887 g/mol. The Morgan fingerprint density at radius 2 is 1.29 bits per heavy atom. The van der Waals surface area contributed by atoms with Crippen LogP contribution in [0.25, 0.3) is 22.5 Å². The average Bonchev–Trinajstić information content (AvgIpc) is 4.02. The number of rotatable bonds is 10. The maximum atomic E-state index is 14.5. The van der Waals surface area contributed by atoms with Gasteiger partial charge < -0.3 is 50.2 Å². The number of nitrogens with two attached hydrogens (primary N) is 2. The fourth-order valence-corrected chi connectivity index (χ4v) is 11.4. The molecule has 6 N–H and O–H groups in total. The molecule has 0 spiro atoms. The maximum Gasteiger partial charge on any atom is 0.405 e. The summed E-state index contributed by atoms with van der Waals surface area (Å²) in [5.41, 5.74) is 13.8. The van der Waals surface area contributed by atoms with Crippen LogP contribution in [0.15, 0.2) is 48.5 Å². The van der Waals surface area contributed by atoms with E-state index in [2.05, 4.69) is 21.8 Å². The molecule has 346 valence electrons. The first-order valence-corrected chi connectivity index (χ1v) is 23.5. The molecule has 2 saturated carbocycles. The number of halogens is 2. The Labute approximate surface area is 391 Å². The Hall–Kier alpha value is -5.60. The van der Waals surface area contributed by atoms with Gasteiger partial charge in [-0.15, -0.1) is 0 Å². The SMILES string of the molecule is CC1CC([C@@](C)(OC(N)=O)C(=O)N2C3C[C@@H]3C[C@H]2c2nc(-c3ccc(C#Cc4ccc(-c5nc([C@@H]6C[C@H]7CC7N6C(=O)[C@H](OC(N)=O)C6CCOCC6)[nH]c5Cl)cc4)cc3)c(Cl)[nH]2)CCO1. The Balaban J connectivity index is 0.810. The minimum Gasteiger partial charge on any atom is -0.436 e. The Kier molecular flexibility index (Phi) is 11.8. The zero-order valence-electron chi connectivity index (χ0n) is 36.6. The van der Waals surface area contributed by atoms with Crippen LogP contribution in [0.1, 0.15) is 100 Å². The Bertz CT molecular complexity index is 2600. The Morgan fingerprint density at radius 3 is 1.80 bits per heavy atom. The lowest BCUT2D eigenvalue weighted by Crippen LogP contribution is -2.57. The number of benzene rings is 2. The summed E-state index contributed by atoms with van der Waals surface area (Å²) in [6.07, 6.45) is 2.57. The van der Waals surface area contributed by atoms with Crippen molar-refractivity contribution >= 4 is 47.2 Å². The van der Waals surface area contributed by atoms with Gasteiger partial charge in [-0.2, -0.15) is 0 Å². The number of hydrogen-bond acceptors (Lipinski definition) is 10. The molecule has 2 aromatic heterocycles. The smallest absolute Gasteiger partial charge is 0.405 e. The number of primary amides is 2. The highest BCUT2D eigenvalue weighted by Gasteiger charge is 2.61. The quantitative estimate of drug-likeness (QED) is 0.119. The lowest BCUT2D eigenvalue weighted by atomic mass is 9.80. The summed E-state index contributed by atoms with van der Waals surface area (Å²) < 4.78 is 22.4. The minimum atomic E-state index is -1.45. The van der Waals surface area contributed by atoms with Crippen molar-refractivity contribution in [3.05, 3.63) is 81.6 Å². The van der Waals surface area contributed by atoms with E-state index in [1.54, 1.807) is 6.92 Å². The number of piperidine rings is 2. The molecule has 6 fully saturated rings. The molecule has 18 heteroatoms. The second kappa shape index (κ2) is 17.6. The second-order valence-electron chi connectivity index (χ2n) is 18.8. The third kappa shape index (κ3) is 8.51. The van der Waals surface area contributed by atoms with Crippen LogP contribution in [0.3, 0.4) is 0 Å². The first-order valence-electron chi connectivity index (χ1n) is 22.8. The zero-order valence-corrected chi connectivity index (χ0v) is 38.1. The molecule has 2 aromatic carbocycles. The summed E-state index contributed by atoms with van der Waals surface area (Å²) in [5, 5.41) is 0.717. The van der Waals surface area contributed by atoms with Crippen LogP contribution in [-0.4, -0.2) is 103 Å². The van der Waals surface area contributed by atoms with E-state index in [9.17, 15) is 19.2 Å². The maximum absolute atomic E-state index is 14.5. The van der Waals surface area contributed by atoms with E-state index in [0.717, 1.165) is 47.9 Å². The molecule has 16 nitrogen and oxygen atoms in total. The van der Waals surface area contributed by atoms with Crippen LogP contribution >= 0.6 is 23.2 Å². The number of hydrogen-bond donors (Lipinski definition) is 4. The van der Waals surface area contributed by atoms with Crippen LogP contribution < -0.4 is 11.5 Å². The number of aromatic nitrogens is 4. The first kappa shape index (κ1) is 44.2. The van der Waals surface area contributed by atoms with E-state index in [-0.39, 0.29) is 53.9 Å². The molecule has 4 amide bonds. The largest absolute Gasteiger partial charge is 0.436 e. The van der Waals surface area contributed by atoms with Gasteiger partial charge in [0.15, 0.2) is 11.7 Å². The van der Waals surface area contributed by atoms with E-state index in [1.165, 1.54) is 0 Å². The van der Waals surface area contributed by atoms with Crippen LogP contribution in [0.2, 0.25) is 10.3 Å². The van der Waals surface area contributed by atoms with Gasteiger partial charge in [0.1, 0.15) is 33.3 Å². The summed E-state index contributed by atoms with van der Waals surface area (Å²) in [7, 11) is 0. The number of nitrogens with zero attached hydrogens (tertiary/aromatic N) is 4. The average molecular weight is 940 g/mol. The van der Waals surface area contributed by atoms with Crippen molar-refractivity contribution in [1.29, 1.82) is 0 Å². The molecule has 4 saturated heterocycles. The van der Waals surface area contributed by atoms with Crippen LogP contribution in [0.4, 0.5) is 9.59 Å². The van der Waals surface area contributed by atoms with Gasteiger partial charge in [-0.1, -0.05) is 59.3 Å². The molecule has 4 aromatic rings. The molecule has 2 aliphatic carbocycles.